The van der Waals surface area contributed by atoms with Crippen LogP contribution in [0.25, 0.3) is 0 Å². The van der Waals surface area contributed by atoms with Crippen LogP contribution < -0.4 is 0 Å². The number of halogens is 1. The fourth-order valence-electron chi connectivity index (χ4n) is 8.76. The second kappa shape index (κ2) is 8.54. The first-order chi connectivity index (χ1) is 16.0. The number of aliphatic carboxylic acids is 1. The number of rotatable bonds is 4. The zero-order valence-electron chi connectivity index (χ0n) is 22.9. The summed E-state index contributed by atoms with van der Waals surface area (Å²) in [6.07, 6.45) is 10.7. The third-order valence-electron chi connectivity index (χ3n) is 11.8. The van der Waals surface area contributed by atoms with Crippen molar-refractivity contribution in [3.8, 4) is 0 Å². The number of carbonyl (C=O) groups excluding carboxylic acids is 1. The molecule has 0 aromatic rings. The molecular weight excluding hydrogens is 551 g/mol. The number of hydrogen-bond acceptors (Lipinski definition) is 3. The van der Waals surface area contributed by atoms with Crippen molar-refractivity contribution in [2.45, 2.75) is 116 Å². The van der Waals surface area contributed by atoms with Gasteiger partial charge < -0.3 is 15.0 Å². The van der Waals surface area contributed by atoms with E-state index < -0.39 is 22.9 Å². The van der Waals surface area contributed by atoms with Gasteiger partial charge in [-0.1, -0.05) is 82.7 Å². The van der Waals surface area contributed by atoms with Crippen molar-refractivity contribution in [3.05, 3.63) is 11.6 Å². The molecule has 0 aromatic carbocycles. The minimum absolute atomic E-state index is 0.00132. The molecule has 4 rings (SSSR count). The number of fused-ring (bicyclic) bond motifs is 6. The molecule has 3 fully saturated rings. The molecule has 4 aliphatic carbocycles. The second-order valence-corrected chi connectivity index (χ2v) is 16.1. The maximum Gasteiger partial charge on any atom is 0.311 e. The zero-order chi connectivity index (χ0) is 26.2. The topological polar surface area (TPSA) is 74.6 Å². The minimum Gasteiger partial charge on any atom is -0.481 e. The number of carboxylic acids is 1. The summed E-state index contributed by atoms with van der Waals surface area (Å²) >= 11 is 2.48. The predicted molar refractivity (Wildman–Crippen MR) is 148 cm³/mol. The zero-order valence-corrected chi connectivity index (χ0v) is 25.1. The lowest BCUT2D eigenvalue weighted by atomic mass is 9.49. The molecule has 0 spiro atoms. The van der Waals surface area contributed by atoms with Gasteiger partial charge >= 0.3 is 5.97 Å². The van der Waals surface area contributed by atoms with Gasteiger partial charge in [-0.25, -0.2) is 0 Å². The summed E-state index contributed by atoms with van der Waals surface area (Å²) < 4.78 is -0.0153. The first kappa shape index (κ1) is 27.6. The average molecular weight is 599 g/mol. The molecule has 0 amide bonds. The molecule has 0 aromatic heterocycles. The maximum atomic E-state index is 12.9. The van der Waals surface area contributed by atoms with Crippen LogP contribution in [-0.2, 0) is 9.59 Å². The fourth-order valence-corrected chi connectivity index (χ4v) is 10.5. The van der Waals surface area contributed by atoms with E-state index in [0.717, 1.165) is 57.7 Å². The van der Waals surface area contributed by atoms with Gasteiger partial charge in [-0.3, -0.25) is 4.79 Å². The second-order valence-electron chi connectivity index (χ2n) is 14.9. The molecule has 35 heavy (non-hydrogen) atoms. The van der Waals surface area contributed by atoms with Crippen LogP contribution in [0.4, 0.5) is 0 Å². The van der Waals surface area contributed by atoms with Gasteiger partial charge in [-0.15, -0.1) is 0 Å². The third kappa shape index (κ3) is 3.90. The monoisotopic (exact) mass is 598 g/mol. The van der Waals surface area contributed by atoms with E-state index in [2.05, 4.69) is 70.2 Å². The standard InChI is InChI=1S/C30H47IO4/c1-25(2,3)12-14-30(24(34)35)15-13-28(6)20(23(30)31)16-21-26(4)10-9-22(33)27(5,18-32)19(17-26)8-11-29(21,28)7/h16,18-19,21-23,33H,8-15,17H2,1-7H3,(H,34,35)/t19?,21?,22-,23?,26?,27?,28?,29?,30-/m0/s1. The predicted octanol–water partition coefficient (Wildman–Crippen LogP) is 7.22. The molecule has 5 heteroatoms. The van der Waals surface area contributed by atoms with Crippen molar-refractivity contribution in [2.24, 2.45) is 44.3 Å². The van der Waals surface area contributed by atoms with Crippen molar-refractivity contribution in [3.63, 3.8) is 0 Å². The Morgan fingerprint density at radius 1 is 1.11 bits per heavy atom. The quantitative estimate of drug-likeness (QED) is 0.155. The Kier molecular flexibility index (Phi) is 6.74. The highest BCUT2D eigenvalue weighted by Crippen LogP contribution is 2.73. The molecule has 2 bridgehead atoms. The summed E-state index contributed by atoms with van der Waals surface area (Å²) in [4.78, 5) is 25.1. The van der Waals surface area contributed by atoms with Crippen LogP contribution >= 0.6 is 22.6 Å². The van der Waals surface area contributed by atoms with Crippen molar-refractivity contribution < 1.29 is 19.8 Å². The van der Waals surface area contributed by atoms with E-state index in [4.69, 9.17) is 0 Å². The summed E-state index contributed by atoms with van der Waals surface area (Å²) in [5.74, 6) is -0.105. The van der Waals surface area contributed by atoms with Crippen LogP contribution in [-0.4, -0.2) is 32.5 Å². The van der Waals surface area contributed by atoms with E-state index in [-0.39, 0.29) is 31.5 Å². The Morgan fingerprint density at radius 3 is 2.34 bits per heavy atom. The highest BCUT2D eigenvalue weighted by molar-refractivity contribution is 14.1. The van der Waals surface area contributed by atoms with Gasteiger partial charge in [-0.05, 0) is 91.3 Å². The molecule has 7 unspecified atom stereocenters. The van der Waals surface area contributed by atoms with Gasteiger partial charge in [0.05, 0.1) is 16.9 Å². The molecule has 4 nitrogen and oxygen atoms in total. The SMILES string of the molecule is CC(C)(C)CC[C@]1(C(=O)O)CCC2(C)C(=CC3C4(C)CC[C@H](O)C(C)(C=O)C(CCC32C)C4)C1I. The summed E-state index contributed by atoms with van der Waals surface area (Å²) in [6, 6.07) is 0. The molecule has 4 aliphatic rings. The summed E-state index contributed by atoms with van der Waals surface area (Å²) in [5, 5.41) is 21.6. The Labute approximate surface area is 226 Å². The van der Waals surface area contributed by atoms with Gasteiger partial charge in [-0.2, -0.15) is 0 Å². The lowest BCUT2D eigenvalue weighted by Gasteiger charge is -2.55. The number of allylic oxidation sites excluding steroid dienone is 2. The van der Waals surface area contributed by atoms with Gasteiger partial charge in [0.2, 0.25) is 0 Å². The van der Waals surface area contributed by atoms with Crippen molar-refractivity contribution >= 4 is 34.8 Å². The van der Waals surface area contributed by atoms with E-state index in [1.807, 2.05) is 6.92 Å². The van der Waals surface area contributed by atoms with E-state index in [1.54, 1.807) is 0 Å². The number of alkyl halides is 1. The summed E-state index contributed by atoms with van der Waals surface area (Å²) in [6.45, 7) is 15.9. The third-order valence-corrected chi connectivity index (χ3v) is 13.7. The van der Waals surface area contributed by atoms with Crippen molar-refractivity contribution in [2.75, 3.05) is 0 Å². The molecule has 0 saturated heterocycles. The molecule has 2 N–H and O–H groups in total. The number of aldehydes is 1. The van der Waals surface area contributed by atoms with Gasteiger partial charge in [0.15, 0.2) is 0 Å². The van der Waals surface area contributed by atoms with Gasteiger partial charge in [0.25, 0.3) is 0 Å². The Hall–Kier alpha value is -0.430. The Bertz CT molecular complexity index is 922. The first-order valence-corrected chi connectivity index (χ1v) is 15.0. The average Bonchev–Trinajstić information content (AvgIpc) is 2.87. The van der Waals surface area contributed by atoms with Crippen LogP contribution in [0.3, 0.4) is 0 Å². The smallest absolute Gasteiger partial charge is 0.311 e. The lowest BCUT2D eigenvalue weighted by molar-refractivity contribution is -0.152. The highest BCUT2D eigenvalue weighted by Gasteiger charge is 2.67. The van der Waals surface area contributed by atoms with E-state index in [0.29, 0.717) is 12.3 Å². The number of aliphatic hydroxyl groups is 1. The molecule has 0 aliphatic heterocycles. The first-order valence-electron chi connectivity index (χ1n) is 13.7. The Morgan fingerprint density at radius 2 is 1.77 bits per heavy atom. The lowest BCUT2D eigenvalue weighted by Crippen LogP contribution is -2.52. The van der Waals surface area contributed by atoms with Crippen LogP contribution in [0.15, 0.2) is 11.6 Å². The van der Waals surface area contributed by atoms with Gasteiger partial charge in [0, 0.05) is 3.92 Å². The number of hydrogen-bond donors (Lipinski definition) is 2. The van der Waals surface area contributed by atoms with Gasteiger partial charge in [0.1, 0.15) is 6.29 Å². The fraction of sp³-hybridized carbons (Fsp3) is 0.867. The molecule has 3 saturated carbocycles. The highest BCUT2D eigenvalue weighted by atomic mass is 127. The van der Waals surface area contributed by atoms with E-state index in [1.165, 1.54) is 5.57 Å². The van der Waals surface area contributed by atoms with Crippen LogP contribution in [0, 0.1) is 44.3 Å². The Balaban J connectivity index is 1.78. The maximum absolute atomic E-state index is 12.9. The van der Waals surface area contributed by atoms with Crippen molar-refractivity contribution in [1.82, 2.24) is 0 Å². The van der Waals surface area contributed by atoms with Crippen LogP contribution in [0.2, 0.25) is 0 Å². The van der Waals surface area contributed by atoms with Crippen LogP contribution in [0.5, 0.6) is 0 Å². The molecule has 0 heterocycles. The number of carbonyl (C=O) groups is 2. The van der Waals surface area contributed by atoms with Crippen molar-refractivity contribution in [1.29, 1.82) is 0 Å². The normalized spacial score (nSPS) is 49.8. The van der Waals surface area contributed by atoms with E-state index >= 15 is 0 Å². The van der Waals surface area contributed by atoms with E-state index in [9.17, 15) is 19.8 Å². The largest absolute Gasteiger partial charge is 0.481 e. The number of carboxylic acid groups (broad SMARTS) is 1. The summed E-state index contributed by atoms with van der Waals surface area (Å²) in [7, 11) is 0. The minimum atomic E-state index is -0.710. The molecular formula is C30H47IO4. The molecule has 0 radical (unpaired) electrons. The molecule has 198 valence electrons. The van der Waals surface area contributed by atoms with Crippen LogP contribution in [0.1, 0.15) is 106 Å². The molecule has 9 atom stereocenters. The summed E-state index contributed by atoms with van der Waals surface area (Å²) in [5.41, 5.74) is 0.0964. The number of aliphatic hydroxyl groups excluding tert-OH is 1.